The Morgan fingerprint density at radius 3 is 1.93 bits per heavy atom. The van der Waals surface area contributed by atoms with E-state index in [1.807, 2.05) is 0 Å². The molecule has 0 spiro atoms. The van der Waals surface area contributed by atoms with Crippen molar-refractivity contribution in [2.75, 3.05) is 4.90 Å². The molecule has 200 valence electrons. The van der Waals surface area contributed by atoms with Crippen molar-refractivity contribution in [3.05, 3.63) is 163 Å². The Kier molecular flexibility index (Phi) is 5.97. The zero-order chi connectivity index (χ0) is 27.9. The Morgan fingerprint density at radius 2 is 1.19 bits per heavy atom. The number of allylic oxidation sites excluding steroid dienone is 1. The van der Waals surface area contributed by atoms with E-state index < -0.39 is 0 Å². The molecule has 2 heteroatoms. The maximum atomic E-state index is 2.43. The van der Waals surface area contributed by atoms with Crippen LogP contribution in [0.4, 0.5) is 17.1 Å². The lowest BCUT2D eigenvalue weighted by Gasteiger charge is -2.26. The number of hydrogen-bond donors (Lipinski definition) is 0. The van der Waals surface area contributed by atoms with Crippen LogP contribution in [0, 0.1) is 0 Å². The van der Waals surface area contributed by atoms with E-state index in [0.29, 0.717) is 0 Å². The van der Waals surface area contributed by atoms with Gasteiger partial charge >= 0.3 is 0 Å². The highest BCUT2D eigenvalue weighted by Gasteiger charge is 2.23. The molecule has 0 bridgehead atoms. The fourth-order valence-electron chi connectivity index (χ4n) is 6.62. The predicted octanol–water partition coefficient (Wildman–Crippen LogP) is 10.9. The van der Waals surface area contributed by atoms with Gasteiger partial charge in [0, 0.05) is 33.5 Å². The van der Waals surface area contributed by atoms with E-state index in [4.69, 9.17) is 0 Å². The molecular weight excluding hydrogens is 508 g/mol. The number of fused-ring (bicyclic) bond motifs is 4. The Balaban J connectivity index is 1.43. The topological polar surface area (TPSA) is 8.17 Å². The van der Waals surface area contributed by atoms with Crippen molar-refractivity contribution in [1.29, 1.82) is 0 Å². The molecule has 0 atom stereocenters. The molecule has 1 aliphatic rings. The zero-order valence-corrected chi connectivity index (χ0v) is 23.3. The van der Waals surface area contributed by atoms with Crippen molar-refractivity contribution < 1.29 is 0 Å². The first kappa shape index (κ1) is 24.5. The summed E-state index contributed by atoms with van der Waals surface area (Å²) in [6, 6.07) is 52.4. The van der Waals surface area contributed by atoms with Crippen molar-refractivity contribution in [3.63, 3.8) is 0 Å². The number of nitrogens with zero attached hydrogens (tertiary/aromatic N) is 2. The van der Waals surface area contributed by atoms with Crippen LogP contribution < -0.4 is 4.90 Å². The molecule has 7 aromatic rings. The average Bonchev–Trinajstić information content (AvgIpc) is 3.39. The molecule has 0 aliphatic heterocycles. The average molecular weight is 539 g/mol. The fourth-order valence-corrected chi connectivity index (χ4v) is 6.62. The number of rotatable bonds is 5. The van der Waals surface area contributed by atoms with E-state index in [0.717, 1.165) is 29.9 Å². The lowest BCUT2D eigenvalue weighted by molar-refractivity contribution is 0.990. The maximum Gasteiger partial charge on any atom is 0.0553 e. The summed E-state index contributed by atoms with van der Waals surface area (Å²) in [5.41, 5.74) is 12.4. The van der Waals surface area contributed by atoms with Gasteiger partial charge in [-0.25, -0.2) is 0 Å². The van der Waals surface area contributed by atoms with Crippen LogP contribution in [0.3, 0.4) is 0 Å². The van der Waals surface area contributed by atoms with Crippen LogP contribution in [0.2, 0.25) is 0 Å². The van der Waals surface area contributed by atoms with Gasteiger partial charge in [-0.3, -0.25) is 0 Å². The van der Waals surface area contributed by atoms with Crippen LogP contribution >= 0.6 is 0 Å². The van der Waals surface area contributed by atoms with E-state index >= 15 is 0 Å². The molecule has 0 unspecified atom stereocenters. The SMILES string of the molecule is C1=Cc2cc3c(c(-c4cccc(N(c5ccccc5)c5ccccc5)c4)c2CC1)c1ccccc1n3-c1ccccc1. The Hall–Kier alpha value is -5.34. The lowest BCUT2D eigenvalue weighted by atomic mass is 9.86. The normalized spacial score (nSPS) is 12.5. The summed E-state index contributed by atoms with van der Waals surface area (Å²) in [6.45, 7) is 0. The summed E-state index contributed by atoms with van der Waals surface area (Å²) in [5, 5.41) is 2.61. The summed E-state index contributed by atoms with van der Waals surface area (Å²) < 4.78 is 2.43. The number of para-hydroxylation sites is 4. The van der Waals surface area contributed by atoms with Gasteiger partial charge in [-0.15, -0.1) is 0 Å². The standard InChI is InChI=1S/C40H30N2/c1-4-17-31(18-5-1)41(32-19-6-2-7-20-32)34-23-14-16-30(27-34)39-35-24-11-10-15-29(35)28-38-40(39)36-25-12-13-26-37(36)42(38)33-21-8-3-9-22-33/h1-10,12-23,25-28H,11,24H2. The second-order valence-electron chi connectivity index (χ2n) is 10.9. The van der Waals surface area contributed by atoms with Gasteiger partial charge in [0.2, 0.25) is 0 Å². The third-order valence-corrected chi connectivity index (χ3v) is 8.40. The fraction of sp³-hybridized carbons (Fsp3) is 0.0500. The highest BCUT2D eigenvalue weighted by molar-refractivity contribution is 6.17. The van der Waals surface area contributed by atoms with Crippen LogP contribution in [-0.4, -0.2) is 4.57 Å². The highest BCUT2D eigenvalue weighted by atomic mass is 15.1. The van der Waals surface area contributed by atoms with Crippen LogP contribution in [-0.2, 0) is 6.42 Å². The van der Waals surface area contributed by atoms with Crippen molar-refractivity contribution in [3.8, 4) is 16.8 Å². The molecule has 42 heavy (non-hydrogen) atoms. The third-order valence-electron chi connectivity index (χ3n) is 8.40. The molecule has 0 N–H and O–H groups in total. The molecule has 2 nitrogen and oxygen atoms in total. The van der Waals surface area contributed by atoms with Crippen molar-refractivity contribution in [1.82, 2.24) is 4.57 Å². The number of anilines is 3. The van der Waals surface area contributed by atoms with Crippen LogP contribution in [0.1, 0.15) is 17.5 Å². The van der Waals surface area contributed by atoms with E-state index in [-0.39, 0.29) is 0 Å². The van der Waals surface area contributed by atoms with Gasteiger partial charge in [-0.1, -0.05) is 97.1 Å². The summed E-state index contributed by atoms with van der Waals surface area (Å²) >= 11 is 0. The second kappa shape index (κ2) is 10.2. The van der Waals surface area contributed by atoms with Gasteiger partial charge in [0.05, 0.1) is 11.0 Å². The molecule has 8 rings (SSSR count). The first-order valence-corrected chi connectivity index (χ1v) is 14.7. The van der Waals surface area contributed by atoms with Gasteiger partial charge in [0.15, 0.2) is 0 Å². The predicted molar refractivity (Wildman–Crippen MR) is 178 cm³/mol. The summed E-state index contributed by atoms with van der Waals surface area (Å²) in [5.74, 6) is 0. The van der Waals surface area contributed by atoms with Crippen LogP contribution in [0.25, 0.3) is 44.7 Å². The van der Waals surface area contributed by atoms with Gasteiger partial charge in [0.25, 0.3) is 0 Å². The minimum absolute atomic E-state index is 1.03. The summed E-state index contributed by atoms with van der Waals surface area (Å²) in [6.07, 6.45) is 6.73. The maximum absolute atomic E-state index is 2.43. The Bertz CT molecular complexity index is 2030. The molecule has 0 saturated heterocycles. The van der Waals surface area contributed by atoms with E-state index in [9.17, 15) is 0 Å². The van der Waals surface area contributed by atoms with Gasteiger partial charge in [-0.2, -0.15) is 0 Å². The van der Waals surface area contributed by atoms with Crippen molar-refractivity contribution in [2.45, 2.75) is 12.8 Å². The van der Waals surface area contributed by atoms with E-state index in [1.54, 1.807) is 0 Å². The molecule has 1 aromatic heterocycles. The molecule has 1 heterocycles. The van der Waals surface area contributed by atoms with Crippen LogP contribution in [0.15, 0.2) is 152 Å². The van der Waals surface area contributed by atoms with E-state index in [2.05, 4.69) is 167 Å². The largest absolute Gasteiger partial charge is 0.310 e. The molecular formula is C40H30N2. The summed E-state index contributed by atoms with van der Waals surface area (Å²) in [4.78, 5) is 2.35. The highest BCUT2D eigenvalue weighted by Crippen LogP contribution is 2.45. The molecule has 1 aliphatic carbocycles. The van der Waals surface area contributed by atoms with Gasteiger partial charge in [-0.05, 0) is 95.8 Å². The van der Waals surface area contributed by atoms with Gasteiger partial charge < -0.3 is 9.47 Å². The molecule has 6 aromatic carbocycles. The number of aromatic nitrogens is 1. The smallest absolute Gasteiger partial charge is 0.0553 e. The number of benzene rings is 6. The monoisotopic (exact) mass is 538 g/mol. The van der Waals surface area contributed by atoms with Crippen LogP contribution in [0.5, 0.6) is 0 Å². The third kappa shape index (κ3) is 4.03. The molecule has 0 fully saturated rings. The minimum Gasteiger partial charge on any atom is -0.310 e. The lowest BCUT2D eigenvalue weighted by Crippen LogP contribution is -2.09. The van der Waals surface area contributed by atoms with Crippen molar-refractivity contribution >= 4 is 44.9 Å². The molecule has 0 amide bonds. The Labute approximate surface area is 246 Å². The quantitative estimate of drug-likeness (QED) is 0.212. The van der Waals surface area contributed by atoms with Crippen molar-refractivity contribution in [2.24, 2.45) is 0 Å². The molecule has 0 saturated carbocycles. The first-order chi connectivity index (χ1) is 20.9. The molecule has 0 radical (unpaired) electrons. The Morgan fingerprint density at radius 1 is 0.548 bits per heavy atom. The van der Waals surface area contributed by atoms with E-state index in [1.165, 1.54) is 49.7 Å². The second-order valence-corrected chi connectivity index (χ2v) is 10.9. The minimum atomic E-state index is 1.03. The summed E-state index contributed by atoms with van der Waals surface area (Å²) in [7, 11) is 0. The first-order valence-electron chi connectivity index (χ1n) is 14.7. The van der Waals surface area contributed by atoms with Gasteiger partial charge in [0.1, 0.15) is 0 Å². The zero-order valence-electron chi connectivity index (χ0n) is 23.3. The number of hydrogen-bond acceptors (Lipinski definition) is 1.